The number of aromatic nitrogens is 3. The summed E-state index contributed by atoms with van der Waals surface area (Å²) >= 11 is 6.44. The maximum atomic E-state index is 13.2. The van der Waals surface area contributed by atoms with Gasteiger partial charge >= 0.3 is 0 Å². The van der Waals surface area contributed by atoms with Crippen LogP contribution in [0.25, 0.3) is 16.7 Å². The van der Waals surface area contributed by atoms with Gasteiger partial charge in [0, 0.05) is 38.3 Å². The number of aliphatic hydroxyl groups is 1. The zero-order valence-corrected chi connectivity index (χ0v) is 25.3. The third-order valence-corrected chi connectivity index (χ3v) is 7.86. The summed E-state index contributed by atoms with van der Waals surface area (Å²) in [6.45, 7) is 3.13. The number of nitrogens with one attached hydrogen (secondary N) is 1. The van der Waals surface area contributed by atoms with E-state index in [0.717, 1.165) is 37.6 Å². The Balaban J connectivity index is 0.000000427. The van der Waals surface area contributed by atoms with Gasteiger partial charge in [0.25, 0.3) is 5.56 Å². The van der Waals surface area contributed by atoms with Crippen LogP contribution in [-0.4, -0.2) is 82.0 Å². The predicted octanol–water partition coefficient (Wildman–Crippen LogP) is 4.32. The highest BCUT2D eigenvalue weighted by molar-refractivity contribution is 6.31. The number of carbonyl (C=O) groups is 1. The average Bonchev–Trinajstić information content (AvgIpc) is 3.40. The van der Waals surface area contributed by atoms with E-state index in [9.17, 15) is 23.5 Å². The standard InChI is InChI=1S/C27H27ClN4O3.C4H9NO.CH2F2/c28-23-17-22-25(32(23)21-9-5-2-6-10-21)29-19-31(26(22)34)18-27(35)13-15-30(16-14-27)24(33)12-11-20-7-3-1-4-8-20;1-3-6-4-2-5-1;2-1-3/h1-10,17,19,35H,11-16,18H2;5H,1-4H2;1H2. The van der Waals surface area contributed by atoms with Crippen LogP contribution < -0.4 is 10.9 Å². The average molecular weight is 630 g/mol. The van der Waals surface area contributed by atoms with Crippen LogP contribution in [0.15, 0.2) is 77.9 Å². The minimum Gasteiger partial charge on any atom is -0.388 e. The van der Waals surface area contributed by atoms with Crippen molar-refractivity contribution < 1.29 is 23.4 Å². The smallest absolute Gasteiger partial charge is 0.262 e. The number of ether oxygens (including phenoxy) is 1. The van der Waals surface area contributed by atoms with Gasteiger partial charge in [0.15, 0.2) is 5.65 Å². The lowest BCUT2D eigenvalue weighted by molar-refractivity contribution is -0.135. The quantitative estimate of drug-likeness (QED) is 0.330. The molecule has 0 unspecified atom stereocenters. The molecule has 2 aliphatic rings. The first-order chi connectivity index (χ1) is 21.3. The van der Waals surface area contributed by atoms with Gasteiger partial charge in [-0.25, -0.2) is 13.8 Å². The van der Waals surface area contributed by atoms with Gasteiger partial charge in [0.2, 0.25) is 12.8 Å². The van der Waals surface area contributed by atoms with Crippen molar-refractivity contribution in [1.29, 1.82) is 0 Å². The fraction of sp³-hybridized carbons (Fsp3) is 0.406. The van der Waals surface area contributed by atoms with Crippen LogP contribution >= 0.6 is 11.6 Å². The lowest BCUT2D eigenvalue weighted by atomic mass is 9.91. The highest BCUT2D eigenvalue weighted by atomic mass is 35.5. The van der Waals surface area contributed by atoms with E-state index >= 15 is 0 Å². The normalized spacial score (nSPS) is 16.0. The van der Waals surface area contributed by atoms with Gasteiger partial charge in [-0.3, -0.25) is 18.7 Å². The van der Waals surface area contributed by atoms with Crippen LogP contribution in [0.4, 0.5) is 8.78 Å². The van der Waals surface area contributed by atoms with E-state index in [0.29, 0.717) is 55.0 Å². The number of carbonyl (C=O) groups excluding carboxylic acids is 1. The van der Waals surface area contributed by atoms with Crippen molar-refractivity contribution in [2.45, 2.75) is 37.8 Å². The number of alkyl halides is 2. The first-order valence-electron chi connectivity index (χ1n) is 14.6. The molecule has 2 saturated heterocycles. The number of piperidine rings is 1. The zero-order chi connectivity index (χ0) is 31.4. The van der Waals surface area contributed by atoms with Crippen LogP contribution in [0.5, 0.6) is 0 Å². The van der Waals surface area contributed by atoms with Crippen molar-refractivity contribution in [1.82, 2.24) is 24.3 Å². The number of amides is 1. The topological polar surface area (TPSA) is 102 Å². The molecule has 0 spiro atoms. The number of halogens is 3. The molecule has 6 rings (SSSR count). The molecule has 0 radical (unpaired) electrons. The molecule has 236 valence electrons. The van der Waals surface area contributed by atoms with Crippen molar-refractivity contribution in [3.63, 3.8) is 0 Å². The minimum absolute atomic E-state index is 0.0908. The van der Waals surface area contributed by atoms with E-state index in [1.807, 2.05) is 60.7 Å². The molecule has 0 saturated carbocycles. The largest absolute Gasteiger partial charge is 0.388 e. The Morgan fingerprint density at radius 1 is 1.02 bits per heavy atom. The number of nitrogens with zero attached hydrogens (tertiary/aromatic N) is 4. The number of likely N-dealkylation sites (tertiary alicyclic amines) is 1. The van der Waals surface area contributed by atoms with Crippen molar-refractivity contribution in [2.75, 3.05) is 46.3 Å². The zero-order valence-electron chi connectivity index (χ0n) is 24.5. The molecule has 2 fully saturated rings. The number of aryl methyl sites for hydroxylation is 1. The van der Waals surface area contributed by atoms with Gasteiger partial charge < -0.3 is 20.1 Å². The predicted molar refractivity (Wildman–Crippen MR) is 167 cm³/mol. The number of fused-ring (bicyclic) bond motifs is 1. The Hall–Kier alpha value is -3.64. The van der Waals surface area contributed by atoms with Gasteiger partial charge in [0.1, 0.15) is 11.5 Å². The number of morpholine rings is 1. The van der Waals surface area contributed by atoms with Crippen LogP contribution in [0.3, 0.4) is 0 Å². The number of benzene rings is 2. The fourth-order valence-corrected chi connectivity index (χ4v) is 5.53. The molecule has 0 atom stereocenters. The van der Waals surface area contributed by atoms with Crippen LogP contribution in [-0.2, 0) is 22.5 Å². The fourth-order valence-electron chi connectivity index (χ4n) is 5.24. The summed E-state index contributed by atoms with van der Waals surface area (Å²) in [5.41, 5.74) is 1.11. The second-order valence-corrected chi connectivity index (χ2v) is 11.0. The van der Waals surface area contributed by atoms with Crippen molar-refractivity contribution in [3.8, 4) is 5.69 Å². The Kier molecular flexibility index (Phi) is 12.4. The summed E-state index contributed by atoms with van der Waals surface area (Å²) in [5, 5.41) is 15.2. The SMILES string of the molecule is C1COCCN1.FCF.O=C(CCc1ccccc1)N1CCC(O)(Cn2cnc3c(cc(Cl)n3-c3ccccc3)c2=O)CC1. The van der Waals surface area contributed by atoms with Gasteiger partial charge in [-0.2, -0.15) is 0 Å². The number of hydrogen-bond acceptors (Lipinski definition) is 6. The van der Waals surface area contributed by atoms with E-state index in [-0.39, 0.29) is 18.0 Å². The Morgan fingerprint density at radius 2 is 1.64 bits per heavy atom. The number of rotatable bonds is 6. The van der Waals surface area contributed by atoms with Crippen LogP contribution in [0.2, 0.25) is 5.15 Å². The third-order valence-electron chi connectivity index (χ3n) is 7.58. The second kappa shape index (κ2) is 16.4. The molecule has 2 aromatic carbocycles. The molecule has 2 aromatic heterocycles. The first kappa shape index (κ1) is 33.3. The summed E-state index contributed by atoms with van der Waals surface area (Å²) in [6, 6.07) is 21.1. The lowest BCUT2D eigenvalue weighted by Gasteiger charge is -2.38. The molecule has 0 bridgehead atoms. The summed E-state index contributed by atoms with van der Waals surface area (Å²) < 4.78 is 27.4. The lowest BCUT2D eigenvalue weighted by Crippen LogP contribution is -2.49. The number of hydrogen-bond donors (Lipinski definition) is 2. The second-order valence-electron chi connectivity index (χ2n) is 10.6. The van der Waals surface area contributed by atoms with Gasteiger partial charge in [-0.1, -0.05) is 60.1 Å². The molecule has 12 heteroatoms. The van der Waals surface area contributed by atoms with Crippen LogP contribution in [0.1, 0.15) is 24.8 Å². The Morgan fingerprint density at radius 3 is 2.20 bits per heavy atom. The molecule has 4 aromatic rings. The van der Waals surface area contributed by atoms with Crippen molar-refractivity contribution in [3.05, 3.63) is 94.1 Å². The maximum Gasteiger partial charge on any atom is 0.262 e. The summed E-state index contributed by atoms with van der Waals surface area (Å²) in [5.74, 6) is 0.0908. The molecule has 9 nitrogen and oxygen atoms in total. The minimum atomic E-state index is -1.75. The molecule has 4 heterocycles. The monoisotopic (exact) mass is 629 g/mol. The highest BCUT2D eigenvalue weighted by Crippen LogP contribution is 2.27. The highest BCUT2D eigenvalue weighted by Gasteiger charge is 2.34. The van der Waals surface area contributed by atoms with Crippen molar-refractivity contribution in [2.24, 2.45) is 0 Å². The van der Waals surface area contributed by atoms with E-state index in [1.165, 1.54) is 10.9 Å². The molecule has 44 heavy (non-hydrogen) atoms. The summed E-state index contributed by atoms with van der Waals surface area (Å²) in [4.78, 5) is 32.2. The first-order valence-corrected chi connectivity index (χ1v) is 15.0. The van der Waals surface area contributed by atoms with E-state index in [1.54, 1.807) is 15.5 Å². The molecule has 2 aliphatic heterocycles. The van der Waals surface area contributed by atoms with Gasteiger partial charge in [-0.15, -0.1) is 0 Å². The van der Waals surface area contributed by atoms with Crippen molar-refractivity contribution >= 4 is 28.5 Å². The van der Waals surface area contributed by atoms with E-state index in [2.05, 4.69) is 10.3 Å². The maximum absolute atomic E-state index is 13.2. The molecular formula is C32H38ClF2N5O4. The van der Waals surface area contributed by atoms with Gasteiger partial charge in [-0.05, 0) is 43.0 Å². The van der Waals surface area contributed by atoms with Gasteiger partial charge in [0.05, 0.1) is 30.7 Å². The molecular weight excluding hydrogens is 592 g/mol. The molecule has 1 amide bonds. The van der Waals surface area contributed by atoms with E-state index < -0.39 is 12.5 Å². The summed E-state index contributed by atoms with van der Waals surface area (Å²) in [6.07, 6.45) is 3.42. The Labute approximate surface area is 260 Å². The number of para-hydroxylation sites is 1. The Bertz CT molecular complexity index is 1510. The summed E-state index contributed by atoms with van der Waals surface area (Å²) in [7, 11) is 0. The molecule has 0 aliphatic carbocycles. The molecule has 2 N–H and O–H groups in total. The van der Waals surface area contributed by atoms with Crippen LogP contribution in [0, 0.1) is 0 Å². The van der Waals surface area contributed by atoms with E-state index in [4.69, 9.17) is 16.3 Å². The third kappa shape index (κ3) is 8.95.